The molecular weight excluding hydrogens is 693 g/mol. The number of nitrogens with zero attached hydrogens (tertiary/aromatic N) is 9. The van der Waals surface area contributed by atoms with Gasteiger partial charge < -0.3 is 19.9 Å². The summed E-state index contributed by atoms with van der Waals surface area (Å²) in [6.07, 6.45) is 8.70. The summed E-state index contributed by atoms with van der Waals surface area (Å²) in [4.78, 5) is 13.2. The van der Waals surface area contributed by atoms with Crippen LogP contribution in [0.1, 0.15) is 99.2 Å². The van der Waals surface area contributed by atoms with Gasteiger partial charge >= 0.3 is 0 Å². The number of aryl methyl sites for hydroxylation is 5. The Labute approximate surface area is 322 Å². The SMILES string of the molecule is CCn1nc(-c2nc(-c3cc(C)c(CCN)c(C)c3)no2)c2c1CC(C)(C)CC2.CCn1nc(-c2nc(-c3cnc(O)cc3C)no2)c2c1CC(C)(C)CC2. The lowest BCUT2D eigenvalue weighted by molar-refractivity contribution is 0.304. The third-order valence-corrected chi connectivity index (χ3v) is 11.3. The molecule has 290 valence electrons. The van der Waals surface area contributed by atoms with E-state index in [-0.39, 0.29) is 11.3 Å². The van der Waals surface area contributed by atoms with Gasteiger partial charge in [0, 0.05) is 59.0 Å². The highest BCUT2D eigenvalue weighted by atomic mass is 16.5. The van der Waals surface area contributed by atoms with Gasteiger partial charge in [0.15, 0.2) is 11.4 Å². The highest BCUT2D eigenvalue weighted by Gasteiger charge is 2.34. The largest absolute Gasteiger partial charge is 0.493 e. The van der Waals surface area contributed by atoms with Crippen molar-refractivity contribution in [3.05, 3.63) is 69.2 Å². The fourth-order valence-electron chi connectivity index (χ4n) is 8.17. The maximum Gasteiger partial charge on any atom is 0.279 e. The van der Waals surface area contributed by atoms with Crippen LogP contribution in [0, 0.1) is 31.6 Å². The Bertz CT molecular complexity index is 2320. The molecule has 8 rings (SSSR count). The average Bonchev–Trinajstić information content (AvgIpc) is 3.94. The first-order chi connectivity index (χ1) is 26.2. The van der Waals surface area contributed by atoms with E-state index in [9.17, 15) is 5.11 Å². The molecule has 0 saturated heterocycles. The molecule has 0 radical (unpaired) electrons. The second-order valence-electron chi connectivity index (χ2n) is 16.7. The van der Waals surface area contributed by atoms with Crippen molar-refractivity contribution in [2.75, 3.05) is 6.54 Å². The minimum Gasteiger partial charge on any atom is -0.493 e. The van der Waals surface area contributed by atoms with Gasteiger partial charge in [-0.2, -0.15) is 20.2 Å². The van der Waals surface area contributed by atoms with Crippen molar-refractivity contribution in [1.29, 1.82) is 0 Å². The molecule has 5 heterocycles. The van der Waals surface area contributed by atoms with E-state index in [2.05, 4.69) is 97.2 Å². The lowest BCUT2D eigenvalue weighted by atomic mass is 9.76. The summed E-state index contributed by atoms with van der Waals surface area (Å²) in [5, 5.41) is 27.5. The van der Waals surface area contributed by atoms with Crippen LogP contribution in [-0.2, 0) is 45.2 Å². The number of hydrogen-bond acceptors (Lipinski definition) is 11. The minimum absolute atomic E-state index is 0.0201. The molecule has 5 aromatic heterocycles. The number of aromatic hydroxyl groups is 1. The normalized spacial score (nSPS) is 15.7. The van der Waals surface area contributed by atoms with Gasteiger partial charge in [0.25, 0.3) is 11.8 Å². The van der Waals surface area contributed by atoms with E-state index in [0.29, 0.717) is 35.4 Å². The summed E-state index contributed by atoms with van der Waals surface area (Å²) in [5.41, 5.74) is 19.4. The van der Waals surface area contributed by atoms with Crippen LogP contribution < -0.4 is 5.73 Å². The van der Waals surface area contributed by atoms with Gasteiger partial charge in [0.1, 0.15) is 0 Å². The summed E-state index contributed by atoms with van der Waals surface area (Å²) < 4.78 is 15.4. The minimum atomic E-state index is -0.0201. The van der Waals surface area contributed by atoms with E-state index >= 15 is 0 Å². The summed E-state index contributed by atoms with van der Waals surface area (Å²) >= 11 is 0. The number of aromatic nitrogens is 9. The van der Waals surface area contributed by atoms with Gasteiger partial charge in [0.2, 0.25) is 17.5 Å². The lowest BCUT2D eigenvalue weighted by Gasteiger charge is -2.30. The van der Waals surface area contributed by atoms with E-state index < -0.39 is 0 Å². The summed E-state index contributed by atoms with van der Waals surface area (Å²) in [6.45, 7) is 21.9. The summed E-state index contributed by atoms with van der Waals surface area (Å²) in [5.74, 6) is 2.01. The van der Waals surface area contributed by atoms with E-state index in [0.717, 1.165) is 86.1 Å². The van der Waals surface area contributed by atoms with E-state index in [4.69, 9.17) is 30.0 Å². The fraction of sp³-hybridized carbons (Fsp3) is 0.500. The van der Waals surface area contributed by atoms with E-state index in [1.165, 1.54) is 39.2 Å². The monoisotopic (exact) mass is 746 g/mol. The van der Waals surface area contributed by atoms with Crippen molar-refractivity contribution < 1.29 is 14.2 Å². The molecule has 0 atom stereocenters. The first kappa shape index (κ1) is 38.1. The van der Waals surface area contributed by atoms with Crippen LogP contribution in [0.3, 0.4) is 0 Å². The van der Waals surface area contributed by atoms with Crippen LogP contribution in [-0.4, -0.2) is 56.5 Å². The van der Waals surface area contributed by atoms with Crippen molar-refractivity contribution in [2.45, 2.75) is 120 Å². The first-order valence-electron chi connectivity index (χ1n) is 19.5. The van der Waals surface area contributed by atoms with Crippen molar-refractivity contribution in [3.63, 3.8) is 0 Å². The summed E-state index contributed by atoms with van der Waals surface area (Å²) in [6, 6.07) is 5.83. The van der Waals surface area contributed by atoms with E-state index in [1.54, 1.807) is 12.3 Å². The molecule has 2 aliphatic carbocycles. The molecule has 0 saturated carbocycles. The number of nitrogens with two attached hydrogens (primary N) is 1. The quantitative estimate of drug-likeness (QED) is 0.156. The second kappa shape index (κ2) is 14.8. The van der Waals surface area contributed by atoms with Crippen molar-refractivity contribution in [3.8, 4) is 51.8 Å². The first-order valence-corrected chi connectivity index (χ1v) is 19.5. The number of fused-ring (bicyclic) bond motifs is 2. The smallest absolute Gasteiger partial charge is 0.279 e. The van der Waals surface area contributed by atoms with Crippen LogP contribution in [0.2, 0.25) is 0 Å². The molecule has 0 amide bonds. The molecule has 6 aromatic rings. The number of hydrogen-bond donors (Lipinski definition) is 2. The average molecular weight is 747 g/mol. The van der Waals surface area contributed by atoms with Crippen molar-refractivity contribution in [1.82, 2.24) is 44.8 Å². The maximum absolute atomic E-state index is 9.48. The third kappa shape index (κ3) is 7.58. The zero-order chi connectivity index (χ0) is 39.2. The van der Waals surface area contributed by atoms with Crippen LogP contribution in [0.5, 0.6) is 5.88 Å². The molecular formula is C42H54N10O3. The molecule has 1 aromatic carbocycles. The number of benzene rings is 1. The summed E-state index contributed by atoms with van der Waals surface area (Å²) in [7, 11) is 0. The molecule has 2 aliphatic rings. The molecule has 3 N–H and O–H groups in total. The standard InChI is InChI=1S/C23H31N5O.C19H23N5O2/c1-6-28-19-13-23(4,5)9-7-18(19)20(26-28)22-25-21(27-29-22)16-11-14(2)17(8-10-24)15(3)12-16;1-5-24-14-9-19(3,4)7-6-12(14)16(22-24)18-21-17(23-26-18)13-10-20-15(25)8-11(13)2/h11-12H,6-10,13,24H2,1-5H3;8,10H,5-7,9H2,1-4H3,(H,20,25). The van der Waals surface area contributed by atoms with Crippen molar-refractivity contribution in [2.24, 2.45) is 16.6 Å². The highest BCUT2D eigenvalue weighted by molar-refractivity contribution is 5.64. The predicted octanol–water partition coefficient (Wildman–Crippen LogP) is 7.80. The topological polar surface area (TPSA) is 173 Å². The van der Waals surface area contributed by atoms with Gasteiger partial charge in [-0.25, -0.2) is 4.98 Å². The molecule has 0 bridgehead atoms. The van der Waals surface area contributed by atoms with Gasteiger partial charge in [-0.15, -0.1) is 0 Å². The zero-order valence-corrected chi connectivity index (χ0v) is 33.7. The molecule has 55 heavy (non-hydrogen) atoms. The van der Waals surface area contributed by atoms with Crippen LogP contribution in [0.25, 0.3) is 45.9 Å². The molecule has 13 heteroatoms. The molecule has 0 unspecified atom stereocenters. The second-order valence-corrected chi connectivity index (χ2v) is 16.7. The number of rotatable bonds is 8. The van der Waals surface area contributed by atoms with Gasteiger partial charge in [-0.05, 0) is 131 Å². The Morgan fingerprint density at radius 2 is 1.25 bits per heavy atom. The third-order valence-electron chi connectivity index (χ3n) is 11.3. The molecule has 0 aliphatic heterocycles. The van der Waals surface area contributed by atoms with Gasteiger partial charge in [-0.1, -0.05) is 38.0 Å². The maximum atomic E-state index is 9.48. The Balaban J connectivity index is 0.000000170. The Morgan fingerprint density at radius 1 is 0.745 bits per heavy atom. The van der Waals surface area contributed by atoms with Crippen molar-refractivity contribution >= 4 is 0 Å². The predicted molar refractivity (Wildman–Crippen MR) is 211 cm³/mol. The van der Waals surface area contributed by atoms with E-state index in [1.807, 2.05) is 6.92 Å². The Morgan fingerprint density at radius 3 is 1.75 bits per heavy atom. The van der Waals surface area contributed by atoms with Crippen LogP contribution >= 0.6 is 0 Å². The number of pyridine rings is 1. The fourth-order valence-corrected chi connectivity index (χ4v) is 8.17. The van der Waals surface area contributed by atoms with Crippen LogP contribution in [0.15, 0.2) is 33.4 Å². The highest BCUT2D eigenvalue weighted by Crippen LogP contribution is 2.40. The van der Waals surface area contributed by atoms with Gasteiger partial charge in [-0.3, -0.25) is 9.36 Å². The molecule has 0 spiro atoms. The van der Waals surface area contributed by atoms with Gasteiger partial charge in [0.05, 0.1) is 0 Å². The molecule has 13 nitrogen and oxygen atoms in total. The zero-order valence-electron chi connectivity index (χ0n) is 33.7. The lowest BCUT2D eigenvalue weighted by Crippen LogP contribution is -2.24. The Kier molecular flexibility index (Phi) is 10.3. The van der Waals surface area contributed by atoms with Crippen LogP contribution in [0.4, 0.5) is 0 Å². The Hall–Kier alpha value is -5.17. The molecule has 0 fully saturated rings.